The van der Waals surface area contributed by atoms with Crippen LogP contribution < -0.4 is 0 Å². The van der Waals surface area contributed by atoms with Gasteiger partial charge in [0, 0.05) is 13.1 Å². The number of likely N-dealkylation sites (N-methyl/N-ethyl adjacent to an activating group) is 1. The van der Waals surface area contributed by atoms with Gasteiger partial charge in [-0.2, -0.15) is 0 Å². The van der Waals surface area contributed by atoms with Crippen LogP contribution in [0.2, 0.25) is 0 Å². The van der Waals surface area contributed by atoms with Crippen molar-refractivity contribution in [3.05, 3.63) is 34.6 Å². The molecular weight excluding hydrogens is 165 g/mol. The number of hydrogen-bond acceptors (Lipinski definition) is 1. The van der Waals surface area contributed by atoms with Crippen LogP contribution in [0.3, 0.4) is 0 Å². The van der Waals surface area contributed by atoms with Gasteiger partial charge in [-0.15, -0.1) is 0 Å². The predicted octanol–water partition coefficient (Wildman–Crippen LogP) is 2.12. The lowest BCUT2D eigenvalue weighted by atomic mass is 9.95. The highest BCUT2D eigenvalue weighted by atomic mass is 19.1. The van der Waals surface area contributed by atoms with Crippen LogP contribution in [0.15, 0.2) is 12.1 Å². The molecule has 1 aliphatic heterocycles. The van der Waals surface area contributed by atoms with Crippen molar-refractivity contribution in [1.82, 2.24) is 4.90 Å². The van der Waals surface area contributed by atoms with Gasteiger partial charge < -0.3 is 4.90 Å². The SMILES string of the molecule is Cc1c(F)ccc2c1CN(C)CC2. The first-order valence-electron chi connectivity index (χ1n) is 4.64. The van der Waals surface area contributed by atoms with E-state index >= 15 is 0 Å². The van der Waals surface area contributed by atoms with Crippen molar-refractivity contribution in [3.63, 3.8) is 0 Å². The molecule has 1 heterocycles. The Hall–Kier alpha value is -0.890. The zero-order valence-electron chi connectivity index (χ0n) is 8.10. The van der Waals surface area contributed by atoms with Crippen molar-refractivity contribution in [1.29, 1.82) is 0 Å². The van der Waals surface area contributed by atoms with Gasteiger partial charge in [0.15, 0.2) is 0 Å². The third-order valence-corrected chi connectivity index (χ3v) is 2.82. The number of fused-ring (bicyclic) bond motifs is 1. The molecule has 0 N–H and O–H groups in total. The molecule has 0 saturated carbocycles. The largest absolute Gasteiger partial charge is 0.302 e. The Labute approximate surface area is 78.2 Å². The molecule has 1 aromatic carbocycles. The summed E-state index contributed by atoms with van der Waals surface area (Å²) in [5, 5.41) is 0. The molecule has 0 saturated heterocycles. The van der Waals surface area contributed by atoms with Gasteiger partial charge in [-0.05, 0) is 43.1 Å². The van der Waals surface area contributed by atoms with Crippen LogP contribution in [0, 0.1) is 12.7 Å². The molecule has 1 nitrogen and oxygen atoms in total. The number of rotatable bonds is 0. The van der Waals surface area contributed by atoms with E-state index in [2.05, 4.69) is 11.9 Å². The highest BCUT2D eigenvalue weighted by Gasteiger charge is 2.16. The van der Waals surface area contributed by atoms with E-state index in [1.807, 2.05) is 13.0 Å². The smallest absolute Gasteiger partial charge is 0.126 e. The topological polar surface area (TPSA) is 3.24 Å². The third-order valence-electron chi connectivity index (χ3n) is 2.82. The molecule has 0 unspecified atom stereocenters. The summed E-state index contributed by atoms with van der Waals surface area (Å²) in [4.78, 5) is 2.23. The van der Waals surface area contributed by atoms with Gasteiger partial charge in [-0.1, -0.05) is 6.07 Å². The highest BCUT2D eigenvalue weighted by Crippen LogP contribution is 2.23. The van der Waals surface area contributed by atoms with Crippen LogP contribution in [0.1, 0.15) is 16.7 Å². The number of nitrogens with zero attached hydrogens (tertiary/aromatic N) is 1. The number of halogens is 1. The van der Waals surface area contributed by atoms with Crippen molar-refractivity contribution < 1.29 is 4.39 Å². The Bertz CT molecular complexity index is 333. The average molecular weight is 179 g/mol. The fourth-order valence-electron chi connectivity index (χ4n) is 1.90. The van der Waals surface area contributed by atoms with Crippen molar-refractivity contribution in [2.75, 3.05) is 13.6 Å². The monoisotopic (exact) mass is 179 g/mol. The standard InChI is InChI=1S/C11H14FN/c1-8-10-7-13(2)6-5-9(10)3-4-11(8)12/h3-4H,5-7H2,1-2H3. The minimum absolute atomic E-state index is 0.0750. The van der Waals surface area contributed by atoms with Gasteiger partial charge in [0.25, 0.3) is 0 Å². The van der Waals surface area contributed by atoms with Crippen molar-refractivity contribution in [2.24, 2.45) is 0 Å². The summed E-state index contributed by atoms with van der Waals surface area (Å²) in [5.74, 6) is -0.0750. The van der Waals surface area contributed by atoms with Crippen LogP contribution in [0.25, 0.3) is 0 Å². The maximum atomic E-state index is 13.2. The summed E-state index contributed by atoms with van der Waals surface area (Å²) >= 11 is 0. The molecule has 0 bridgehead atoms. The van der Waals surface area contributed by atoms with E-state index in [-0.39, 0.29) is 5.82 Å². The molecule has 0 spiro atoms. The Morgan fingerprint density at radius 1 is 1.38 bits per heavy atom. The highest BCUT2D eigenvalue weighted by molar-refractivity contribution is 5.36. The second-order valence-electron chi connectivity index (χ2n) is 3.80. The molecule has 1 aromatic rings. The van der Waals surface area contributed by atoms with Crippen molar-refractivity contribution in [2.45, 2.75) is 19.9 Å². The van der Waals surface area contributed by atoms with E-state index in [9.17, 15) is 4.39 Å². The Morgan fingerprint density at radius 2 is 2.15 bits per heavy atom. The molecule has 0 atom stereocenters. The lowest BCUT2D eigenvalue weighted by Crippen LogP contribution is -2.27. The Kier molecular flexibility index (Phi) is 2.08. The zero-order valence-corrected chi connectivity index (χ0v) is 8.10. The third kappa shape index (κ3) is 1.46. The second kappa shape index (κ2) is 3.11. The average Bonchev–Trinajstić information content (AvgIpc) is 2.12. The van der Waals surface area contributed by atoms with Gasteiger partial charge in [-0.25, -0.2) is 4.39 Å². The summed E-state index contributed by atoms with van der Waals surface area (Å²) in [6.45, 7) is 3.84. The summed E-state index contributed by atoms with van der Waals surface area (Å²) in [6.07, 6.45) is 1.05. The molecule has 13 heavy (non-hydrogen) atoms. The quantitative estimate of drug-likeness (QED) is 0.589. The van der Waals surface area contributed by atoms with Crippen LogP contribution in [-0.2, 0) is 13.0 Å². The number of hydrogen-bond donors (Lipinski definition) is 0. The first-order chi connectivity index (χ1) is 6.18. The van der Waals surface area contributed by atoms with Crippen LogP contribution in [0.4, 0.5) is 4.39 Å². The molecule has 70 valence electrons. The molecule has 0 aliphatic carbocycles. The molecule has 0 radical (unpaired) electrons. The molecule has 0 amide bonds. The molecule has 0 aromatic heterocycles. The summed E-state index contributed by atoms with van der Waals surface area (Å²) < 4.78 is 13.2. The first kappa shape index (κ1) is 8.70. The molecule has 1 aliphatic rings. The first-order valence-corrected chi connectivity index (χ1v) is 4.64. The summed E-state index contributed by atoms with van der Waals surface area (Å²) in [5.41, 5.74) is 3.33. The Balaban J connectivity index is 2.48. The molecular formula is C11H14FN. The Morgan fingerprint density at radius 3 is 2.92 bits per heavy atom. The normalized spacial score (nSPS) is 17.2. The van der Waals surface area contributed by atoms with Crippen LogP contribution in [0.5, 0.6) is 0 Å². The van der Waals surface area contributed by atoms with E-state index in [4.69, 9.17) is 0 Å². The van der Waals surface area contributed by atoms with E-state index in [0.29, 0.717) is 0 Å². The predicted molar refractivity (Wildman–Crippen MR) is 51.2 cm³/mol. The zero-order chi connectivity index (χ0) is 9.42. The van der Waals surface area contributed by atoms with Gasteiger partial charge in [0.1, 0.15) is 5.82 Å². The second-order valence-corrected chi connectivity index (χ2v) is 3.80. The van der Waals surface area contributed by atoms with Gasteiger partial charge >= 0.3 is 0 Å². The fraction of sp³-hybridized carbons (Fsp3) is 0.455. The molecule has 2 rings (SSSR count). The lowest BCUT2D eigenvalue weighted by molar-refractivity contribution is 0.311. The summed E-state index contributed by atoms with van der Waals surface area (Å²) in [7, 11) is 2.08. The minimum Gasteiger partial charge on any atom is -0.302 e. The van der Waals surface area contributed by atoms with E-state index in [0.717, 1.165) is 25.1 Å². The van der Waals surface area contributed by atoms with Crippen molar-refractivity contribution >= 4 is 0 Å². The van der Waals surface area contributed by atoms with Crippen molar-refractivity contribution in [3.8, 4) is 0 Å². The van der Waals surface area contributed by atoms with E-state index in [1.165, 1.54) is 11.1 Å². The van der Waals surface area contributed by atoms with E-state index in [1.54, 1.807) is 6.07 Å². The maximum Gasteiger partial charge on any atom is 0.126 e. The maximum absolute atomic E-state index is 13.2. The van der Waals surface area contributed by atoms with Crippen LogP contribution in [-0.4, -0.2) is 18.5 Å². The fourth-order valence-corrected chi connectivity index (χ4v) is 1.90. The molecule has 0 fully saturated rings. The minimum atomic E-state index is -0.0750. The van der Waals surface area contributed by atoms with Gasteiger partial charge in [0.05, 0.1) is 0 Å². The van der Waals surface area contributed by atoms with Gasteiger partial charge in [-0.3, -0.25) is 0 Å². The van der Waals surface area contributed by atoms with E-state index < -0.39 is 0 Å². The lowest BCUT2D eigenvalue weighted by Gasteiger charge is -2.26. The summed E-state index contributed by atoms with van der Waals surface area (Å²) in [6, 6.07) is 3.50. The number of benzene rings is 1. The van der Waals surface area contributed by atoms with Gasteiger partial charge in [0.2, 0.25) is 0 Å². The van der Waals surface area contributed by atoms with Crippen LogP contribution >= 0.6 is 0 Å². The molecule has 2 heteroatoms.